The molecule has 0 aliphatic carbocycles. The van der Waals surface area contributed by atoms with Crippen LogP contribution in [0.3, 0.4) is 0 Å². The third kappa shape index (κ3) is 1.87. The Morgan fingerprint density at radius 2 is 2.18 bits per heavy atom. The molecule has 0 amide bonds. The highest BCUT2D eigenvalue weighted by Gasteiger charge is 2.14. The predicted octanol–water partition coefficient (Wildman–Crippen LogP) is 0.851. The second-order valence-electron chi connectivity index (χ2n) is 3.90. The number of nitrogen functional groups attached to an aromatic ring is 1. The molecule has 6 heteroatoms. The van der Waals surface area contributed by atoms with E-state index in [1.807, 2.05) is 18.4 Å². The zero-order valence-corrected chi connectivity index (χ0v) is 9.88. The SMILES string of the molecule is Cc1c(C#N)c(N)n(CCn2ccnn2)c1C. The van der Waals surface area contributed by atoms with Crippen molar-refractivity contribution >= 4 is 5.82 Å². The molecule has 0 fully saturated rings. The van der Waals surface area contributed by atoms with Crippen molar-refractivity contribution in [1.82, 2.24) is 19.6 Å². The summed E-state index contributed by atoms with van der Waals surface area (Å²) in [6.45, 7) is 5.25. The molecule has 2 aromatic heterocycles. The Balaban J connectivity index is 2.25. The highest BCUT2D eigenvalue weighted by molar-refractivity contribution is 5.57. The predicted molar refractivity (Wildman–Crippen MR) is 63.1 cm³/mol. The van der Waals surface area contributed by atoms with Crippen molar-refractivity contribution < 1.29 is 0 Å². The maximum atomic E-state index is 9.02. The van der Waals surface area contributed by atoms with Crippen LogP contribution in [0.4, 0.5) is 5.82 Å². The second kappa shape index (κ2) is 4.29. The normalized spacial score (nSPS) is 10.4. The summed E-state index contributed by atoms with van der Waals surface area (Å²) >= 11 is 0. The van der Waals surface area contributed by atoms with Crippen LogP contribution >= 0.6 is 0 Å². The van der Waals surface area contributed by atoms with Gasteiger partial charge in [0.05, 0.1) is 18.3 Å². The number of nitrogens with two attached hydrogens (primary N) is 1. The van der Waals surface area contributed by atoms with Gasteiger partial charge in [0, 0.05) is 18.4 Å². The first-order valence-corrected chi connectivity index (χ1v) is 5.34. The molecule has 0 saturated heterocycles. The maximum absolute atomic E-state index is 9.02. The van der Waals surface area contributed by atoms with Crippen LogP contribution in [0.25, 0.3) is 0 Å². The molecule has 6 nitrogen and oxygen atoms in total. The smallest absolute Gasteiger partial charge is 0.122 e. The van der Waals surface area contributed by atoms with Gasteiger partial charge in [-0.15, -0.1) is 5.10 Å². The minimum atomic E-state index is 0.530. The molecule has 2 heterocycles. The number of hydrogen-bond acceptors (Lipinski definition) is 4. The molecule has 17 heavy (non-hydrogen) atoms. The van der Waals surface area contributed by atoms with Crippen molar-refractivity contribution in [1.29, 1.82) is 5.26 Å². The number of rotatable bonds is 3. The highest BCUT2D eigenvalue weighted by atomic mass is 15.4. The summed E-state index contributed by atoms with van der Waals surface area (Å²) in [7, 11) is 0. The average molecular weight is 230 g/mol. The second-order valence-corrected chi connectivity index (χ2v) is 3.90. The first kappa shape index (κ1) is 11.2. The Labute approximate surface area is 99.3 Å². The van der Waals surface area contributed by atoms with Crippen molar-refractivity contribution in [2.45, 2.75) is 26.9 Å². The molecule has 0 atom stereocenters. The summed E-state index contributed by atoms with van der Waals surface area (Å²) in [5.41, 5.74) is 8.50. The number of aromatic nitrogens is 4. The number of anilines is 1. The lowest BCUT2D eigenvalue weighted by molar-refractivity contribution is 0.518. The lowest BCUT2D eigenvalue weighted by Gasteiger charge is -2.08. The maximum Gasteiger partial charge on any atom is 0.122 e. The Kier molecular flexibility index (Phi) is 2.83. The van der Waals surface area contributed by atoms with Crippen molar-refractivity contribution in [3.8, 4) is 6.07 Å². The van der Waals surface area contributed by atoms with Gasteiger partial charge < -0.3 is 10.3 Å². The molecule has 0 aromatic carbocycles. The molecule has 2 aromatic rings. The zero-order valence-electron chi connectivity index (χ0n) is 9.88. The minimum Gasteiger partial charge on any atom is -0.384 e. The number of nitriles is 1. The van der Waals surface area contributed by atoms with E-state index in [1.165, 1.54) is 0 Å². The third-order valence-corrected chi connectivity index (χ3v) is 3.01. The standard InChI is InChI=1S/C11H14N6/c1-8-9(2)17(11(13)10(8)7-12)6-5-16-4-3-14-15-16/h3-4H,5-6,13H2,1-2H3. The van der Waals surface area contributed by atoms with Gasteiger partial charge in [-0.3, -0.25) is 4.68 Å². The van der Waals surface area contributed by atoms with E-state index >= 15 is 0 Å². The zero-order chi connectivity index (χ0) is 12.4. The lowest BCUT2D eigenvalue weighted by atomic mass is 10.2. The van der Waals surface area contributed by atoms with E-state index in [1.54, 1.807) is 17.1 Å². The van der Waals surface area contributed by atoms with E-state index in [0.29, 0.717) is 24.5 Å². The molecule has 0 aliphatic heterocycles. The van der Waals surface area contributed by atoms with Crippen LogP contribution in [-0.4, -0.2) is 19.6 Å². The summed E-state index contributed by atoms with van der Waals surface area (Å²) in [5.74, 6) is 0.530. The summed E-state index contributed by atoms with van der Waals surface area (Å²) in [4.78, 5) is 0. The van der Waals surface area contributed by atoms with Crippen LogP contribution in [0, 0.1) is 25.2 Å². The van der Waals surface area contributed by atoms with Gasteiger partial charge in [0.2, 0.25) is 0 Å². The van der Waals surface area contributed by atoms with Crippen LogP contribution in [0.15, 0.2) is 12.4 Å². The molecule has 0 unspecified atom stereocenters. The fourth-order valence-electron chi connectivity index (χ4n) is 1.87. The fourth-order valence-corrected chi connectivity index (χ4v) is 1.87. The highest BCUT2D eigenvalue weighted by Crippen LogP contribution is 2.23. The van der Waals surface area contributed by atoms with Crippen molar-refractivity contribution in [3.05, 3.63) is 29.2 Å². The van der Waals surface area contributed by atoms with Crippen LogP contribution < -0.4 is 5.73 Å². The Morgan fingerprint density at radius 3 is 2.71 bits per heavy atom. The average Bonchev–Trinajstić information content (AvgIpc) is 2.88. The largest absolute Gasteiger partial charge is 0.384 e. The molecule has 0 radical (unpaired) electrons. The monoisotopic (exact) mass is 230 g/mol. The van der Waals surface area contributed by atoms with Crippen molar-refractivity contribution in [3.63, 3.8) is 0 Å². The number of hydrogen-bond donors (Lipinski definition) is 1. The van der Waals surface area contributed by atoms with Crippen molar-refractivity contribution in [2.75, 3.05) is 5.73 Å². The number of nitrogens with zero attached hydrogens (tertiary/aromatic N) is 5. The topological polar surface area (TPSA) is 85.5 Å². The van der Waals surface area contributed by atoms with Gasteiger partial charge in [0.15, 0.2) is 0 Å². The Morgan fingerprint density at radius 1 is 1.41 bits per heavy atom. The van der Waals surface area contributed by atoms with Crippen LogP contribution in [-0.2, 0) is 13.1 Å². The Bertz CT molecular complexity index is 558. The summed E-state index contributed by atoms with van der Waals surface area (Å²) in [5, 5.41) is 16.6. The molecule has 2 N–H and O–H groups in total. The lowest BCUT2D eigenvalue weighted by Crippen LogP contribution is -2.11. The van der Waals surface area contributed by atoms with E-state index in [4.69, 9.17) is 11.0 Å². The van der Waals surface area contributed by atoms with E-state index in [2.05, 4.69) is 16.4 Å². The molecule has 0 bridgehead atoms. The van der Waals surface area contributed by atoms with Gasteiger partial charge in [0.25, 0.3) is 0 Å². The van der Waals surface area contributed by atoms with Crippen LogP contribution in [0.5, 0.6) is 0 Å². The number of aryl methyl sites for hydroxylation is 1. The molecule has 0 spiro atoms. The van der Waals surface area contributed by atoms with Gasteiger partial charge >= 0.3 is 0 Å². The van der Waals surface area contributed by atoms with Gasteiger partial charge in [-0.2, -0.15) is 5.26 Å². The molecule has 2 rings (SSSR count). The summed E-state index contributed by atoms with van der Waals surface area (Å²) < 4.78 is 3.68. The molecular formula is C11H14N6. The first-order chi connectivity index (χ1) is 8.15. The fraction of sp³-hybridized carbons (Fsp3) is 0.364. The van der Waals surface area contributed by atoms with E-state index in [-0.39, 0.29) is 0 Å². The van der Waals surface area contributed by atoms with Crippen LogP contribution in [0.2, 0.25) is 0 Å². The summed E-state index contributed by atoms with van der Waals surface area (Å²) in [6, 6.07) is 2.14. The quantitative estimate of drug-likeness (QED) is 0.847. The van der Waals surface area contributed by atoms with Crippen LogP contribution in [0.1, 0.15) is 16.8 Å². The van der Waals surface area contributed by atoms with Crippen molar-refractivity contribution in [2.24, 2.45) is 0 Å². The van der Waals surface area contributed by atoms with Gasteiger partial charge in [-0.1, -0.05) is 5.21 Å². The van der Waals surface area contributed by atoms with Gasteiger partial charge in [-0.25, -0.2) is 0 Å². The van der Waals surface area contributed by atoms with Gasteiger partial charge in [0.1, 0.15) is 11.9 Å². The van der Waals surface area contributed by atoms with E-state index < -0.39 is 0 Å². The Hall–Kier alpha value is -2.29. The van der Waals surface area contributed by atoms with E-state index in [9.17, 15) is 0 Å². The third-order valence-electron chi connectivity index (χ3n) is 3.01. The van der Waals surface area contributed by atoms with Gasteiger partial charge in [-0.05, 0) is 19.4 Å². The molecular weight excluding hydrogens is 216 g/mol. The minimum absolute atomic E-state index is 0.530. The molecule has 0 aliphatic rings. The molecule has 88 valence electrons. The summed E-state index contributed by atoms with van der Waals surface area (Å²) in [6.07, 6.45) is 3.44. The molecule has 0 saturated carbocycles. The first-order valence-electron chi connectivity index (χ1n) is 5.34. The van der Waals surface area contributed by atoms with E-state index in [0.717, 1.165) is 11.3 Å².